The fraction of sp³-hybridized carbons (Fsp3) is 0.357. The van der Waals surface area contributed by atoms with Gasteiger partial charge in [-0.15, -0.1) is 0 Å². The molecule has 2 rings (SSSR count). The standard InChI is InChI=1S/C14H17IN4/c1-9(2)13-12(15)14(16-3)19-11(18-13)8-10-6-4-5-7-17-10/h4-7,9H,8H2,1-3H3,(H,16,18,19). The van der Waals surface area contributed by atoms with E-state index in [0.717, 1.165) is 26.6 Å². The molecule has 0 saturated carbocycles. The molecule has 0 spiro atoms. The molecule has 0 radical (unpaired) electrons. The van der Waals surface area contributed by atoms with E-state index in [-0.39, 0.29) is 0 Å². The Kier molecular flexibility index (Phi) is 4.68. The second-order valence-corrected chi connectivity index (χ2v) is 5.67. The maximum atomic E-state index is 4.68. The maximum Gasteiger partial charge on any atom is 0.143 e. The van der Waals surface area contributed by atoms with Crippen LogP contribution in [-0.4, -0.2) is 22.0 Å². The number of anilines is 1. The fourth-order valence-electron chi connectivity index (χ4n) is 1.80. The van der Waals surface area contributed by atoms with Crippen LogP contribution in [0.1, 0.15) is 37.0 Å². The molecule has 19 heavy (non-hydrogen) atoms. The lowest BCUT2D eigenvalue weighted by Crippen LogP contribution is -2.09. The summed E-state index contributed by atoms with van der Waals surface area (Å²) in [5, 5.41) is 3.14. The Bertz CT molecular complexity index is 555. The summed E-state index contributed by atoms with van der Waals surface area (Å²) in [6.45, 7) is 4.29. The molecule has 2 aromatic heterocycles. The van der Waals surface area contributed by atoms with Crippen LogP contribution in [0.3, 0.4) is 0 Å². The van der Waals surface area contributed by atoms with Crippen molar-refractivity contribution >= 4 is 28.4 Å². The molecular weight excluding hydrogens is 351 g/mol. The fourth-order valence-corrected chi connectivity index (χ4v) is 2.94. The van der Waals surface area contributed by atoms with E-state index in [9.17, 15) is 0 Å². The Balaban J connectivity index is 2.38. The number of aromatic nitrogens is 3. The largest absolute Gasteiger partial charge is 0.372 e. The van der Waals surface area contributed by atoms with Gasteiger partial charge in [0.15, 0.2) is 0 Å². The van der Waals surface area contributed by atoms with E-state index in [4.69, 9.17) is 0 Å². The molecule has 0 amide bonds. The third kappa shape index (κ3) is 3.40. The first-order chi connectivity index (χ1) is 9.11. The van der Waals surface area contributed by atoms with E-state index in [2.05, 4.69) is 56.7 Å². The van der Waals surface area contributed by atoms with Crippen molar-refractivity contribution in [1.82, 2.24) is 15.0 Å². The van der Waals surface area contributed by atoms with Crippen molar-refractivity contribution in [3.05, 3.63) is 45.2 Å². The second kappa shape index (κ2) is 6.27. The molecule has 0 atom stereocenters. The van der Waals surface area contributed by atoms with Crippen LogP contribution >= 0.6 is 22.6 Å². The maximum absolute atomic E-state index is 4.68. The third-order valence-electron chi connectivity index (χ3n) is 2.77. The first-order valence-electron chi connectivity index (χ1n) is 6.25. The predicted molar refractivity (Wildman–Crippen MR) is 85.4 cm³/mol. The Hall–Kier alpha value is -1.24. The molecule has 1 N–H and O–H groups in total. The van der Waals surface area contributed by atoms with Gasteiger partial charge in [0.05, 0.1) is 15.7 Å². The zero-order valence-electron chi connectivity index (χ0n) is 11.3. The number of nitrogens with zero attached hydrogens (tertiary/aromatic N) is 3. The van der Waals surface area contributed by atoms with Gasteiger partial charge >= 0.3 is 0 Å². The first-order valence-corrected chi connectivity index (χ1v) is 7.33. The zero-order chi connectivity index (χ0) is 13.8. The van der Waals surface area contributed by atoms with E-state index in [0.29, 0.717) is 12.3 Å². The van der Waals surface area contributed by atoms with Crippen LogP contribution in [-0.2, 0) is 6.42 Å². The van der Waals surface area contributed by atoms with Gasteiger partial charge < -0.3 is 5.32 Å². The molecule has 0 fully saturated rings. The monoisotopic (exact) mass is 368 g/mol. The molecule has 100 valence electrons. The van der Waals surface area contributed by atoms with Gasteiger partial charge in [-0.05, 0) is 40.6 Å². The van der Waals surface area contributed by atoms with E-state index in [1.807, 2.05) is 25.2 Å². The molecule has 0 aromatic carbocycles. The predicted octanol–water partition coefficient (Wildman–Crippen LogP) is 3.23. The van der Waals surface area contributed by atoms with Gasteiger partial charge in [0.1, 0.15) is 11.6 Å². The normalized spacial score (nSPS) is 10.8. The summed E-state index contributed by atoms with van der Waals surface area (Å²) in [7, 11) is 1.89. The average molecular weight is 368 g/mol. The molecule has 0 aliphatic heterocycles. The lowest BCUT2D eigenvalue weighted by Gasteiger charge is -2.13. The molecule has 0 aliphatic rings. The summed E-state index contributed by atoms with van der Waals surface area (Å²) >= 11 is 2.30. The molecule has 4 nitrogen and oxygen atoms in total. The summed E-state index contributed by atoms with van der Waals surface area (Å²) in [4.78, 5) is 13.6. The van der Waals surface area contributed by atoms with Crippen molar-refractivity contribution in [2.45, 2.75) is 26.2 Å². The molecule has 2 aromatic rings. The van der Waals surface area contributed by atoms with Crippen molar-refractivity contribution < 1.29 is 0 Å². The van der Waals surface area contributed by atoms with Gasteiger partial charge in [-0.3, -0.25) is 4.98 Å². The van der Waals surface area contributed by atoms with Crippen LogP contribution in [0.5, 0.6) is 0 Å². The summed E-state index contributed by atoms with van der Waals surface area (Å²) in [5.74, 6) is 2.09. The number of nitrogens with one attached hydrogen (secondary N) is 1. The quantitative estimate of drug-likeness (QED) is 0.842. The topological polar surface area (TPSA) is 50.7 Å². The summed E-state index contributed by atoms with van der Waals surface area (Å²) in [6, 6.07) is 5.89. The van der Waals surface area contributed by atoms with E-state index < -0.39 is 0 Å². The van der Waals surface area contributed by atoms with Crippen molar-refractivity contribution in [2.24, 2.45) is 0 Å². The van der Waals surface area contributed by atoms with Crippen LogP contribution in [0.15, 0.2) is 24.4 Å². The number of hydrogen-bond acceptors (Lipinski definition) is 4. The molecule has 0 unspecified atom stereocenters. The van der Waals surface area contributed by atoms with Crippen molar-refractivity contribution in [1.29, 1.82) is 0 Å². The molecule has 0 saturated heterocycles. The highest BCUT2D eigenvalue weighted by Crippen LogP contribution is 2.25. The van der Waals surface area contributed by atoms with Gasteiger partial charge in [0, 0.05) is 18.9 Å². The Morgan fingerprint density at radius 2 is 2.05 bits per heavy atom. The molecule has 5 heteroatoms. The van der Waals surface area contributed by atoms with Crippen LogP contribution < -0.4 is 5.32 Å². The molecule has 2 heterocycles. The lowest BCUT2D eigenvalue weighted by atomic mass is 10.1. The minimum absolute atomic E-state index is 0.379. The zero-order valence-corrected chi connectivity index (χ0v) is 13.5. The minimum atomic E-state index is 0.379. The van der Waals surface area contributed by atoms with Crippen LogP contribution in [0.2, 0.25) is 0 Å². The summed E-state index contributed by atoms with van der Waals surface area (Å²) in [6.07, 6.45) is 2.45. The average Bonchev–Trinajstić information content (AvgIpc) is 2.41. The number of pyridine rings is 1. The van der Waals surface area contributed by atoms with Gasteiger partial charge in [0.25, 0.3) is 0 Å². The van der Waals surface area contributed by atoms with Crippen LogP contribution in [0.25, 0.3) is 0 Å². The Labute approximate surface area is 127 Å². The Morgan fingerprint density at radius 3 is 2.63 bits per heavy atom. The van der Waals surface area contributed by atoms with E-state index in [1.165, 1.54) is 0 Å². The van der Waals surface area contributed by atoms with E-state index >= 15 is 0 Å². The first kappa shape index (κ1) is 14.2. The van der Waals surface area contributed by atoms with Crippen molar-refractivity contribution in [3.63, 3.8) is 0 Å². The summed E-state index contributed by atoms with van der Waals surface area (Å²) < 4.78 is 1.10. The smallest absolute Gasteiger partial charge is 0.143 e. The number of halogens is 1. The van der Waals surface area contributed by atoms with Crippen molar-refractivity contribution in [2.75, 3.05) is 12.4 Å². The highest BCUT2D eigenvalue weighted by Gasteiger charge is 2.14. The molecular formula is C14H17IN4. The van der Waals surface area contributed by atoms with E-state index in [1.54, 1.807) is 6.20 Å². The second-order valence-electron chi connectivity index (χ2n) is 4.59. The molecule has 0 bridgehead atoms. The van der Waals surface area contributed by atoms with Gasteiger partial charge in [-0.25, -0.2) is 9.97 Å². The van der Waals surface area contributed by atoms with Gasteiger partial charge in [-0.2, -0.15) is 0 Å². The minimum Gasteiger partial charge on any atom is -0.372 e. The highest BCUT2D eigenvalue weighted by atomic mass is 127. The lowest BCUT2D eigenvalue weighted by molar-refractivity contribution is 0.781. The van der Waals surface area contributed by atoms with Crippen molar-refractivity contribution in [3.8, 4) is 0 Å². The Morgan fingerprint density at radius 1 is 1.26 bits per heavy atom. The molecule has 0 aliphatic carbocycles. The SMILES string of the molecule is CNc1nc(Cc2ccccn2)nc(C(C)C)c1I. The van der Waals surface area contributed by atoms with Crippen LogP contribution in [0.4, 0.5) is 5.82 Å². The number of rotatable bonds is 4. The number of hydrogen-bond donors (Lipinski definition) is 1. The summed E-state index contributed by atoms with van der Waals surface area (Å²) in [5.41, 5.74) is 2.08. The van der Waals surface area contributed by atoms with Crippen LogP contribution in [0, 0.1) is 3.57 Å². The van der Waals surface area contributed by atoms with Gasteiger partial charge in [0.2, 0.25) is 0 Å². The third-order valence-corrected chi connectivity index (χ3v) is 3.84. The van der Waals surface area contributed by atoms with Gasteiger partial charge in [-0.1, -0.05) is 19.9 Å². The highest BCUT2D eigenvalue weighted by molar-refractivity contribution is 14.1.